The lowest BCUT2D eigenvalue weighted by atomic mass is 9.62. The quantitative estimate of drug-likeness (QED) is 0.787. The summed E-state index contributed by atoms with van der Waals surface area (Å²) in [7, 11) is 0. The second kappa shape index (κ2) is 5.10. The summed E-state index contributed by atoms with van der Waals surface area (Å²) in [6, 6.07) is 0. The van der Waals surface area contributed by atoms with E-state index in [9.17, 15) is 15.0 Å². The van der Waals surface area contributed by atoms with Crippen molar-refractivity contribution in [1.82, 2.24) is 0 Å². The maximum atomic E-state index is 12.6. The number of rotatable bonds is 6. The van der Waals surface area contributed by atoms with Gasteiger partial charge in [0.1, 0.15) is 5.60 Å². The lowest BCUT2D eigenvalue weighted by molar-refractivity contribution is -0.157. The highest BCUT2D eigenvalue weighted by molar-refractivity contribution is 5.89. The molecule has 2 rings (SSSR count). The Kier molecular flexibility index (Phi) is 4.07. The number of aliphatic hydroxyl groups excluding tert-OH is 1. The molecule has 0 amide bonds. The zero-order valence-electron chi connectivity index (χ0n) is 13.4. The van der Waals surface area contributed by atoms with Crippen LogP contribution in [0.5, 0.6) is 0 Å². The minimum Gasteiger partial charge on any atom is -0.393 e. The molecule has 3 heteroatoms. The van der Waals surface area contributed by atoms with E-state index in [1.54, 1.807) is 0 Å². The van der Waals surface area contributed by atoms with E-state index in [2.05, 4.69) is 27.7 Å². The average molecular weight is 282 g/mol. The predicted octanol–water partition coefficient (Wildman–Crippen LogP) is 3.07. The summed E-state index contributed by atoms with van der Waals surface area (Å²) in [5.74, 6) is 0.285. The number of carbonyl (C=O) groups is 1. The van der Waals surface area contributed by atoms with Crippen molar-refractivity contribution >= 4 is 5.78 Å². The molecule has 0 saturated heterocycles. The van der Waals surface area contributed by atoms with E-state index in [1.165, 1.54) is 0 Å². The van der Waals surface area contributed by atoms with Crippen molar-refractivity contribution in [2.24, 2.45) is 16.7 Å². The third-order valence-corrected chi connectivity index (χ3v) is 6.66. The topological polar surface area (TPSA) is 57.5 Å². The van der Waals surface area contributed by atoms with E-state index in [4.69, 9.17) is 0 Å². The van der Waals surface area contributed by atoms with Crippen LogP contribution in [0.25, 0.3) is 0 Å². The first-order chi connectivity index (χ1) is 9.19. The normalized spacial score (nSPS) is 40.0. The Balaban J connectivity index is 2.11. The van der Waals surface area contributed by atoms with Gasteiger partial charge in [-0.2, -0.15) is 0 Å². The monoisotopic (exact) mass is 282 g/mol. The summed E-state index contributed by atoms with van der Waals surface area (Å²) >= 11 is 0. The Hall–Kier alpha value is -0.410. The van der Waals surface area contributed by atoms with Gasteiger partial charge in [0.15, 0.2) is 5.78 Å². The van der Waals surface area contributed by atoms with Crippen LogP contribution in [0.4, 0.5) is 0 Å². The lowest BCUT2D eigenvalue weighted by Gasteiger charge is -2.44. The maximum absolute atomic E-state index is 12.6. The van der Waals surface area contributed by atoms with E-state index in [-0.39, 0.29) is 23.0 Å². The number of ketones is 1. The molecule has 0 aromatic heterocycles. The molecule has 2 aliphatic rings. The number of fused-ring (bicyclic) bond motifs is 2. The summed E-state index contributed by atoms with van der Waals surface area (Å²) in [6.45, 7) is 8.50. The highest BCUT2D eigenvalue weighted by atomic mass is 16.3. The smallest absolute Gasteiger partial charge is 0.167 e. The Bertz CT molecular complexity index is 390. The van der Waals surface area contributed by atoms with Crippen molar-refractivity contribution in [2.75, 3.05) is 0 Å². The average Bonchev–Trinajstić information content (AvgIpc) is 2.68. The molecule has 116 valence electrons. The first-order valence-electron chi connectivity index (χ1n) is 8.13. The van der Waals surface area contributed by atoms with E-state index in [1.807, 2.05) is 0 Å². The molecule has 0 radical (unpaired) electrons. The van der Waals surface area contributed by atoms with Crippen molar-refractivity contribution in [3.63, 3.8) is 0 Å². The molecule has 0 heterocycles. The zero-order chi connectivity index (χ0) is 15.2. The van der Waals surface area contributed by atoms with Crippen LogP contribution >= 0.6 is 0 Å². The number of Topliss-reactive ketones (excluding diaryl/α,β-unsaturated/α-hetero) is 1. The molecule has 3 nitrogen and oxygen atoms in total. The summed E-state index contributed by atoms with van der Waals surface area (Å²) in [5.41, 5.74) is -1.56. The highest BCUT2D eigenvalue weighted by Gasteiger charge is 2.70. The Morgan fingerprint density at radius 3 is 2.45 bits per heavy atom. The van der Waals surface area contributed by atoms with Crippen LogP contribution in [0, 0.1) is 16.7 Å². The number of hydrogen-bond acceptors (Lipinski definition) is 3. The molecular formula is C17H30O3. The summed E-state index contributed by atoms with van der Waals surface area (Å²) in [4.78, 5) is 12.6. The third-order valence-electron chi connectivity index (χ3n) is 6.66. The molecule has 2 aliphatic carbocycles. The Morgan fingerprint density at radius 2 is 2.00 bits per heavy atom. The van der Waals surface area contributed by atoms with Crippen LogP contribution < -0.4 is 0 Å². The highest BCUT2D eigenvalue weighted by Crippen LogP contribution is 2.69. The van der Waals surface area contributed by atoms with Crippen molar-refractivity contribution < 1.29 is 15.0 Å². The van der Waals surface area contributed by atoms with E-state index in [0.717, 1.165) is 25.7 Å². The molecule has 0 unspecified atom stereocenters. The largest absolute Gasteiger partial charge is 0.393 e. The van der Waals surface area contributed by atoms with Gasteiger partial charge in [0, 0.05) is 11.8 Å². The standard InChI is InChI=1S/C17H30O3/c1-5-6-7-13(18)10-14(19)17(20)11-12-8-9-16(17,4)15(12,2)3/h12-13,18,20H,5-11H2,1-4H3/t12-,13-,16-,17+/m1/s1. The lowest BCUT2D eigenvalue weighted by Crippen LogP contribution is -2.53. The van der Waals surface area contributed by atoms with Crippen LogP contribution in [0.3, 0.4) is 0 Å². The van der Waals surface area contributed by atoms with E-state index < -0.39 is 11.7 Å². The second-order valence-corrected chi connectivity index (χ2v) is 7.78. The summed E-state index contributed by atoms with van der Waals surface area (Å²) in [5, 5.41) is 21.0. The van der Waals surface area contributed by atoms with Crippen LogP contribution in [0.2, 0.25) is 0 Å². The Morgan fingerprint density at radius 1 is 1.35 bits per heavy atom. The summed E-state index contributed by atoms with van der Waals surface area (Å²) < 4.78 is 0. The maximum Gasteiger partial charge on any atom is 0.167 e. The second-order valence-electron chi connectivity index (χ2n) is 7.78. The predicted molar refractivity (Wildman–Crippen MR) is 79.3 cm³/mol. The van der Waals surface area contributed by atoms with Crippen molar-refractivity contribution in [2.45, 2.75) is 84.3 Å². The van der Waals surface area contributed by atoms with Crippen LogP contribution in [-0.2, 0) is 4.79 Å². The molecule has 2 bridgehead atoms. The number of hydrogen-bond donors (Lipinski definition) is 2. The van der Waals surface area contributed by atoms with Crippen LogP contribution in [0.1, 0.15) is 72.6 Å². The van der Waals surface area contributed by atoms with E-state index in [0.29, 0.717) is 18.8 Å². The fourth-order valence-corrected chi connectivity index (χ4v) is 4.62. The molecule has 2 saturated carbocycles. The van der Waals surface area contributed by atoms with Gasteiger partial charge in [-0.05, 0) is 37.0 Å². The van der Waals surface area contributed by atoms with Gasteiger partial charge in [0.05, 0.1) is 6.10 Å². The minimum absolute atomic E-state index is 0.00574. The van der Waals surface area contributed by atoms with Crippen LogP contribution in [-0.4, -0.2) is 27.7 Å². The molecule has 0 spiro atoms. The molecule has 0 aliphatic heterocycles. The molecular weight excluding hydrogens is 252 g/mol. The first kappa shape index (κ1) is 16.0. The van der Waals surface area contributed by atoms with Gasteiger partial charge in [-0.1, -0.05) is 40.5 Å². The number of unbranched alkanes of at least 4 members (excludes halogenated alkanes) is 1. The van der Waals surface area contributed by atoms with Crippen molar-refractivity contribution in [3.05, 3.63) is 0 Å². The van der Waals surface area contributed by atoms with Gasteiger partial charge in [0.25, 0.3) is 0 Å². The summed E-state index contributed by atoms with van der Waals surface area (Å²) in [6.07, 6.45) is 4.71. The third kappa shape index (κ3) is 2.05. The molecule has 4 atom stereocenters. The van der Waals surface area contributed by atoms with Gasteiger partial charge in [-0.3, -0.25) is 4.79 Å². The zero-order valence-corrected chi connectivity index (χ0v) is 13.4. The van der Waals surface area contributed by atoms with Gasteiger partial charge in [-0.15, -0.1) is 0 Å². The SMILES string of the molecule is CCCC[C@@H](O)CC(=O)[C@@]1(O)C[C@H]2CC[C@]1(C)C2(C)C. The molecule has 2 N–H and O–H groups in total. The molecule has 0 aromatic carbocycles. The molecule has 20 heavy (non-hydrogen) atoms. The number of aliphatic hydroxyl groups is 2. The Labute approximate surface area is 122 Å². The van der Waals surface area contributed by atoms with Crippen molar-refractivity contribution in [1.29, 1.82) is 0 Å². The van der Waals surface area contributed by atoms with Gasteiger partial charge < -0.3 is 10.2 Å². The fraction of sp³-hybridized carbons (Fsp3) is 0.941. The van der Waals surface area contributed by atoms with Gasteiger partial charge in [-0.25, -0.2) is 0 Å². The fourth-order valence-electron chi connectivity index (χ4n) is 4.62. The molecule has 0 aromatic rings. The van der Waals surface area contributed by atoms with Gasteiger partial charge in [0.2, 0.25) is 0 Å². The molecule has 2 fully saturated rings. The van der Waals surface area contributed by atoms with Crippen molar-refractivity contribution in [3.8, 4) is 0 Å². The van der Waals surface area contributed by atoms with Crippen LogP contribution in [0.15, 0.2) is 0 Å². The number of carbonyl (C=O) groups excluding carboxylic acids is 1. The minimum atomic E-state index is -1.23. The van der Waals surface area contributed by atoms with E-state index >= 15 is 0 Å². The first-order valence-corrected chi connectivity index (χ1v) is 8.13. The van der Waals surface area contributed by atoms with Gasteiger partial charge >= 0.3 is 0 Å².